The molecule has 0 radical (unpaired) electrons. The van der Waals surface area contributed by atoms with E-state index in [1.165, 1.54) is 6.92 Å². The van der Waals surface area contributed by atoms with Crippen LogP contribution in [0.2, 0.25) is 0 Å². The maximum Gasteiger partial charge on any atom is 0.223 e. The zero-order chi connectivity index (χ0) is 15.8. The third-order valence-corrected chi connectivity index (χ3v) is 2.78. The van der Waals surface area contributed by atoms with Crippen molar-refractivity contribution in [2.45, 2.75) is 6.92 Å². The Morgan fingerprint density at radius 3 is 2.18 bits per heavy atom. The Morgan fingerprint density at radius 1 is 1.00 bits per heavy atom. The van der Waals surface area contributed by atoms with Crippen molar-refractivity contribution in [1.29, 1.82) is 0 Å². The second-order valence-electron chi connectivity index (χ2n) is 4.52. The molecule has 0 aliphatic carbocycles. The van der Waals surface area contributed by atoms with Crippen molar-refractivity contribution in [1.82, 2.24) is 0 Å². The Hall–Kier alpha value is -2.95. The maximum atomic E-state index is 12.1. The number of anilines is 1. The highest BCUT2D eigenvalue weighted by molar-refractivity contribution is 6.66. The molecule has 2 aromatic rings. The zero-order valence-corrected chi connectivity index (χ0v) is 12.2. The lowest BCUT2D eigenvalue weighted by molar-refractivity contribution is -0.117. The molecule has 0 heterocycles. The number of rotatable bonds is 7. The van der Waals surface area contributed by atoms with E-state index < -0.39 is 11.6 Å². The summed E-state index contributed by atoms with van der Waals surface area (Å²) in [6, 6.07) is 18.0. The van der Waals surface area contributed by atoms with Crippen molar-refractivity contribution in [3.63, 3.8) is 0 Å². The summed E-state index contributed by atoms with van der Waals surface area (Å²) in [4.78, 5) is 23.6. The molecule has 0 unspecified atom stereocenters. The second kappa shape index (κ2) is 7.73. The van der Waals surface area contributed by atoms with E-state index in [2.05, 4.69) is 10.5 Å². The highest BCUT2D eigenvalue weighted by Crippen LogP contribution is 2.08. The average molecular weight is 296 g/mol. The normalized spacial score (nSPS) is 10.9. The van der Waals surface area contributed by atoms with Crippen LogP contribution < -0.4 is 10.2 Å². The van der Waals surface area contributed by atoms with Gasteiger partial charge in [0.15, 0.2) is 18.1 Å². The number of carbonyl (C=O) groups is 2. The first-order valence-corrected chi connectivity index (χ1v) is 6.77. The number of hydrogen-bond acceptors (Lipinski definition) is 5. The molecule has 0 fully saturated rings. The summed E-state index contributed by atoms with van der Waals surface area (Å²) in [5, 5.41) is 3.89. The Balaban J connectivity index is 2.01. The molecule has 0 bridgehead atoms. The SMILES string of the molecule is CC(=O)/C(=N/Nc1ccccc1)C(=O)COc1ccccc1. The van der Waals surface area contributed by atoms with E-state index in [1.807, 2.05) is 24.3 Å². The first kappa shape index (κ1) is 15.4. The van der Waals surface area contributed by atoms with Gasteiger partial charge in [-0.3, -0.25) is 15.0 Å². The lowest BCUT2D eigenvalue weighted by atomic mass is 10.2. The van der Waals surface area contributed by atoms with E-state index in [-0.39, 0.29) is 12.3 Å². The lowest BCUT2D eigenvalue weighted by Crippen LogP contribution is -2.28. The van der Waals surface area contributed by atoms with Crippen LogP contribution in [-0.4, -0.2) is 23.9 Å². The molecular formula is C17H16N2O3. The summed E-state index contributed by atoms with van der Waals surface area (Å²) in [5.41, 5.74) is 3.22. The minimum absolute atomic E-state index is 0.167. The molecule has 2 rings (SSSR count). The highest BCUT2D eigenvalue weighted by atomic mass is 16.5. The van der Waals surface area contributed by atoms with Crippen LogP contribution in [0.3, 0.4) is 0 Å². The molecule has 0 saturated carbocycles. The van der Waals surface area contributed by atoms with E-state index in [0.717, 1.165) is 0 Å². The van der Waals surface area contributed by atoms with Crippen molar-refractivity contribution in [2.75, 3.05) is 12.0 Å². The van der Waals surface area contributed by atoms with Crippen LogP contribution >= 0.6 is 0 Å². The summed E-state index contributed by atoms with van der Waals surface area (Å²) >= 11 is 0. The van der Waals surface area contributed by atoms with Crippen LogP contribution in [0.25, 0.3) is 0 Å². The maximum absolute atomic E-state index is 12.1. The molecule has 22 heavy (non-hydrogen) atoms. The van der Waals surface area contributed by atoms with Gasteiger partial charge in [-0.15, -0.1) is 0 Å². The van der Waals surface area contributed by atoms with Gasteiger partial charge >= 0.3 is 0 Å². The van der Waals surface area contributed by atoms with Crippen LogP contribution in [0, 0.1) is 0 Å². The minimum Gasteiger partial charge on any atom is -0.485 e. The zero-order valence-electron chi connectivity index (χ0n) is 12.2. The van der Waals surface area contributed by atoms with Crippen LogP contribution in [0.15, 0.2) is 65.8 Å². The van der Waals surface area contributed by atoms with Gasteiger partial charge in [0.2, 0.25) is 5.78 Å². The smallest absolute Gasteiger partial charge is 0.223 e. The summed E-state index contributed by atoms with van der Waals surface area (Å²) in [7, 11) is 0. The van der Waals surface area contributed by atoms with Crippen LogP contribution in [-0.2, 0) is 9.59 Å². The molecular weight excluding hydrogens is 280 g/mol. The predicted molar refractivity (Wildman–Crippen MR) is 85.1 cm³/mol. The van der Waals surface area contributed by atoms with E-state index in [9.17, 15) is 9.59 Å². The standard InChI is InChI=1S/C17H16N2O3/c1-13(20)17(19-18-14-8-4-2-5-9-14)16(21)12-22-15-10-6-3-7-11-15/h2-11,18H,12H2,1H3/b19-17-. The van der Waals surface area contributed by atoms with Gasteiger partial charge in [0, 0.05) is 6.92 Å². The number of hydrazone groups is 1. The van der Waals surface area contributed by atoms with Gasteiger partial charge in [0.05, 0.1) is 5.69 Å². The number of ether oxygens (including phenoxy) is 1. The second-order valence-corrected chi connectivity index (χ2v) is 4.52. The molecule has 0 atom stereocenters. The molecule has 0 aliphatic heterocycles. The molecule has 0 spiro atoms. The monoisotopic (exact) mass is 296 g/mol. The number of carbonyl (C=O) groups excluding carboxylic acids is 2. The first-order valence-electron chi connectivity index (χ1n) is 6.77. The summed E-state index contributed by atoms with van der Waals surface area (Å²) in [6.45, 7) is 1.06. The summed E-state index contributed by atoms with van der Waals surface area (Å²) < 4.78 is 5.34. The Labute approximate surface area is 128 Å². The van der Waals surface area contributed by atoms with Gasteiger partial charge in [-0.05, 0) is 24.3 Å². The predicted octanol–water partition coefficient (Wildman–Crippen LogP) is 2.69. The van der Waals surface area contributed by atoms with Crippen LogP contribution in [0.4, 0.5) is 5.69 Å². The number of ketones is 2. The Morgan fingerprint density at radius 2 is 1.59 bits per heavy atom. The summed E-state index contributed by atoms with van der Waals surface area (Å²) in [5.74, 6) is -0.320. The highest BCUT2D eigenvalue weighted by Gasteiger charge is 2.17. The largest absolute Gasteiger partial charge is 0.485 e. The molecule has 0 saturated heterocycles. The van der Waals surface area contributed by atoms with Gasteiger partial charge in [0.1, 0.15) is 5.75 Å². The number of para-hydroxylation sites is 2. The molecule has 5 heteroatoms. The third kappa shape index (κ3) is 4.56. The van der Waals surface area contributed by atoms with E-state index in [1.54, 1.807) is 36.4 Å². The van der Waals surface area contributed by atoms with Crippen molar-refractivity contribution in [3.05, 3.63) is 60.7 Å². The molecule has 5 nitrogen and oxygen atoms in total. The van der Waals surface area contributed by atoms with E-state index in [4.69, 9.17) is 4.74 Å². The van der Waals surface area contributed by atoms with Gasteiger partial charge in [-0.1, -0.05) is 36.4 Å². The minimum atomic E-state index is -0.472. The van der Waals surface area contributed by atoms with Crippen molar-refractivity contribution >= 4 is 23.0 Å². The van der Waals surface area contributed by atoms with E-state index in [0.29, 0.717) is 11.4 Å². The van der Waals surface area contributed by atoms with E-state index >= 15 is 0 Å². The van der Waals surface area contributed by atoms with Crippen LogP contribution in [0.1, 0.15) is 6.92 Å². The van der Waals surface area contributed by atoms with Crippen molar-refractivity contribution in [3.8, 4) is 5.75 Å². The quantitative estimate of drug-likeness (QED) is 0.484. The van der Waals surface area contributed by atoms with Crippen molar-refractivity contribution in [2.24, 2.45) is 5.10 Å². The number of hydrogen-bond donors (Lipinski definition) is 1. The molecule has 112 valence electrons. The average Bonchev–Trinajstić information content (AvgIpc) is 2.55. The number of benzene rings is 2. The van der Waals surface area contributed by atoms with Crippen molar-refractivity contribution < 1.29 is 14.3 Å². The lowest BCUT2D eigenvalue weighted by Gasteiger charge is -2.06. The van der Waals surface area contributed by atoms with Gasteiger partial charge in [0.25, 0.3) is 0 Å². The molecule has 1 N–H and O–H groups in total. The molecule has 0 amide bonds. The molecule has 2 aromatic carbocycles. The molecule has 0 aliphatic rings. The van der Waals surface area contributed by atoms with Crippen LogP contribution in [0.5, 0.6) is 5.75 Å². The topological polar surface area (TPSA) is 67.8 Å². The Kier molecular flexibility index (Phi) is 5.43. The van der Waals surface area contributed by atoms with Gasteiger partial charge < -0.3 is 4.74 Å². The fourth-order valence-electron chi connectivity index (χ4n) is 1.70. The fourth-order valence-corrected chi connectivity index (χ4v) is 1.70. The number of Topliss-reactive ketones (excluding diaryl/α,β-unsaturated/α-hetero) is 2. The van der Waals surface area contributed by atoms with Gasteiger partial charge in [-0.25, -0.2) is 0 Å². The Bertz CT molecular complexity index is 667. The third-order valence-electron chi connectivity index (χ3n) is 2.78. The fraction of sp³-hybridized carbons (Fsp3) is 0.118. The van der Waals surface area contributed by atoms with Gasteiger partial charge in [-0.2, -0.15) is 5.10 Å². The number of nitrogens with zero attached hydrogens (tertiary/aromatic N) is 1. The first-order chi connectivity index (χ1) is 10.7. The molecule has 0 aromatic heterocycles. The number of nitrogens with one attached hydrogen (secondary N) is 1. The summed E-state index contributed by atoms with van der Waals surface area (Å²) in [6.07, 6.45) is 0.